The van der Waals surface area contributed by atoms with Gasteiger partial charge in [0, 0.05) is 18.0 Å². The Hall–Kier alpha value is -2.65. The van der Waals surface area contributed by atoms with Crippen LogP contribution in [0.5, 0.6) is 11.5 Å². The number of nitrogens with zero attached hydrogens (tertiary/aromatic N) is 2. The Labute approximate surface area is 159 Å². The van der Waals surface area contributed by atoms with Crippen molar-refractivity contribution in [1.82, 2.24) is 9.36 Å². The van der Waals surface area contributed by atoms with Crippen LogP contribution in [-0.2, 0) is 0 Å². The second kappa shape index (κ2) is 7.71. The van der Waals surface area contributed by atoms with Crippen LogP contribution in [0.2, 0.25) is 0 Å². The molecule has 26 heavy (non-hydrogen) atoms. The Balaban J connectivity index is 1.87. The van der Waals surface area contributed by atoms with Crippen LogP contribution in [0, 0.1) is 6.92 Å². The molecule has 2 N–H and O–H groups in total. The number of carbonyl (C=O) groups excluding carboxylic acids is 1. The molecule has 0 saturated carbocycles. The number of benzene rings is 1. The van der Waals surface area contributed by atoms with Gasteiger partial charge in [0.05, 0.1) is 31.2 Å². The topological polar surface area (TPSA) is 85.4 Å². The fraction of sp³-hybridized carbons (Fsp3) is 0.235. The molecule has 3 rings (SSSR count). The third-order valence-corrected chi connectivity index (χ3v) is 5.44. The molecule has 9 heteroatoms. The molecule has 7 nitrogen and oxygen atoms in total. The van der Waals surface area contributed by atoms with Gasteiger partial charge < -0.3 is 14.8 Å². The maximum Gasteiger partial charge on any atom is 0.262 e. The summed E-state index contributed by atoms with van der Waals surface area (Å²) in [5, 5.41) is 8.92. The fourth-order valence-corrected chi connectivity index (χ4v) is 3.88. The Morgan fingerprint density at radius 1 is 1.23 bits per heavy atom. The lowest BCUT2D eigenvalue weighted by Crippen LogP contribution is -2.13. The van der Waals surface area contributed by atoms with Crippen molar-refractivity contribution >= 4 is 38.9 Å². The average Bonchev–Trinajstić information content (AvgIpc) is 3.27. The number of aromatic nitrogens is 2. The molecule has 0 aliphatic rings. The molecule has 3 aromatic rings. The molecule has 136 valence electrons. The van der Waals surface area contributed by atoms with Crippen LogP contribution >= 0.6 is 22.9 Å². The molecule has 2 heterocycles. The zero-order chi connectivity index (χ0) is 18.7. The second-order valence-electron chi connectivity index (χ2n) is 5.28. The van der Waals surface area contributed by atoms with Crippen LogP contribution in [0.3, 0.4) is 0 Å². The highest BCUT2D eigenvalue weighted by Crippen LogP contribution is 2.35. The van der Waals surface area contributed by atoms with E-state index in [9.17, 15) is 4.79 Å². The van der Waals surface area contributed by atoms with Gasteiger partial charge in [-0.1, -0.05) is 0 Å². The molecule has 0 fully saturated rings. The smallest absolute Gasteiger partial charge is 0.262 e. The average molecular weight is 390 g/mol. The van der Waals surface area contributed by atoms with Crippen LogP contribution < -0.4 is 20.1 Å². The summed E-state index contributed by atoms with van der Waals surface area (Å²) in [5.74, 6) is 1.15. The van der Waals surface area contributed by atoms with E-state index in [-0.39, 0.29) is 5.91 Å². The van der Waals surface area contributed by atoms with E-state index >= 15 is 0 Å². The fourth-order valence-electron chi connectivity index (χ4n) is 2.44. The SMILES string of the molecule is CNc1snc(C)c1C(=O)Nc1nc(-c2cc(OC)ccc2OC)cs1. The minimum atomic E-state index is -0.237. The van der Waals surface area contributed by atoms with Crippen LogP contribution in [-0.4, -0.2) is 36.5 Å². The summed E-state index contributed by atoms with van der Waals surface area (Å²) in [5.41, 5.74) is 2.72. The lowest BCUT2D eigenvalue weighted by atomic mass is 10.1. The summed E-state index contributed by atoms with van der Waals surface area (Å²) in [7, 11) is 4.97. The van der Waals surface area contributed by atoms with Crippen LogP contribution in [0.25, 0.3) is 11.3 Å². The van der Waals surface area contributed by atoms with Gasteiger partial charge in [0.2, 0.25) is 0 Å². The van der Waals surface area contributed by atoms with Crippen molar-refractivity contribution < 1.29 is 14.3 Å². The molecule has 0 bridgehead atoms. The monoisotopic (exact) mass is 390 g/mol. The molecule has 0 saturated heterocycles. The van der Waals surface area contributed by atoms with Gasteiger partial charge in [0.15, 0.2) is 5.13 Å². The molecule has 0 spiro atoms. The van der Waals surface area contributed by atoms with Crippen molar-refractivity contribution in [2.75, 3.05) is 31.9 Å². The predicted molar refractivity (Wildman–Crippen MR) is 105 cm³/mol. The van der Waals surface area contributed by atoms with E-state index in [1.54, 1.807) is 28.2 Å². The van der Waals surface area contributed by atoms with E-state index < -0.39 is 0 Å². The molecule has 0 atom stereocenters. The summed E-state index contributed by atoms with van der Waals surface area (Å²) in [6.07, 6.45) is 0. The maximum atomic E-state index is 12.6. The zero-order valence-corrected chi connectivity index (χ0v) is 16.4. The van der Waals surface area contributed by atoms with E-state index in [2.05, 4.69) is 20.0 Å². The molecule has 0 radical (unpaired) electrons. The first-order valence-corrected chi connectivity index (χ1v) is 9.36. The normalized spacial score (nSPS) is 10.5. The number of aryl methyl sites for hydroxylation is 1. The van der Waals surface area contributed by atoms with Crippen LogP contribution in [0.1, 0.15) is 16.1 Å². The number of hydrogen-bond acceptors (Lipinski definition) is 8. The number of methoxy groups -OCH3 is 2. The molecular formula is C17H18N4O3S2. The van der Waals surface area contributed by atoms with E-state index in [0.29, 0.717) is 33.6 Å². The zero-order valence-electron chi connectivity index (χ0n) is 14.7. The number of hydrogen-bond donors (Lipinski definition) is 2. The van der Waals surface area contributed by atoms with Crippen molar-refractivity contribution in [2.24, 2.45) is 0 Å². The lowest BCUT2D eigenvalue weighted by Gasteiger charge is -2.08. The lowest BCUT2D eigenvalue weighted by molar-refractivity contribution is 0.102. The number of carbonyl (C=O) groups is 1. The van der Waals surface area contributed by atoms with Crippen molar-refractivity contribution in [2.45, 2.75) is 6.92 Å². The third-order valence-electron chi connectivity index (χ3n) is 3.72. The molecule has 0 unspecified atom stereocenters. The summed E-state index contributed by atoms with van der Waals surface area (Å²) >= 11 is 2.60. The van der Waals surface area contributed by atoms with Crippen molar-refractivity contribution in [3.8, 4) is 22.8 Å². The van der Waals surface area contributed by atoms with E-state index in [0.717, 1.165) is 10.6 Å². The minimum absolute atomic E-state index is 0.237. The Morgan fingerprint density at radius 3 is 2.73 bits per heavy atom. The first kappa shape index (κ1) is 18.2. The van der Waals surface area contributed by atoms with Crippen LogP contribution in [0.4, 0.5) is 10.1 Å². The molecule has 1 amide bonds. The van der Waals surface area contributed by atoms with Crippen LogP contribution in [0.15, 0.2) is 23.6 Å². The van der Waals surface area contributed by atoms with E-state index in [1.165, 1.54) is 22.9 Å². The van der Waals surface area contributed by atoms with Gasteiger partial charge in [-0.25, -0.2) is 4.98 Å². The number of thiazole rings is 1. The van der Waals surface area contributed by atoms with Gasteiger partial charge >= 0.3 is 0 Å². The quantitative estimate of drug-likeness (QED) is 0.664. The maximum absolute atomic E-state index is 12.6. The molecule has 1 aromatic carbocycles. The van der Waals surface area contributed by atoms with Crippen molar-refractivity contribution in [3.05, 3.63) is 34.8 Å². The van der Waals surface area contributed by atoms with E-state index in [1.807, 2.05) is 23.6 Å². The van der Waals surface area contributed by atoms with Gasteiger partial charge in [-0.3, -0.25) is 10.1 Å². The Kier molecular flexibility index (Phi) is 5.38. The number of nitrogens with one attached hydrogen (secondary N) is 2. The summed E-state index contributed by atoms with van der Waals surface area (Å²) in [6.45, 7) is 1.81. The summed E-state index contributed by atoms with van der Waals surface area (Å²) < 4.78 is 14.9. The minimum Gasteiger partial charge on any atom is -0.497 e. The molecular weight excluding hydrogens is 372 g/mol. The standard InChI is InChI=1S/C17H18N4O3S2/c1-9-14(16(18-2)26-21-9)15(22)20-17-19-12(8-25-17)11-7-10(23-3)5-6-13(11)24-4/h5-8,18H,1-4H3,(H,19,20,22). The predicted octanol–water partition coefficient (Wildman–Crippen LogP) is 3.89. The molecule has 0 aliphatic heterocycles. The number of ether oxygens (including phenoxy) is 2. The summed E-state index contributed by atoms with van der Waals surface area (Å²) in [6, 6.07) is 5.50. The highest BCUT2D eigenvalue weighted by molar-refractivity contribution is 7.14. The highest BCUT2D eigenvalue weighted by Gasteiger charge is 2.19. The third kappa shape index (κ3) is 3.49. The van der Waals surface area contributed by atoms with Crippen molar-refractivity contribution in [3.63, 3.8) is 0 Å². The Morgan fingerprint density at radius 2 is 2.04 bits per heavy atom. The summed E-state index contributed by atoms with van der Waals surface area (Å²) in [4.78, 5) is 17.1. The van der Waals surface area contributed by atoms with Gasteiger partial charge in [0.1, 0.15) is 16.5 Å². The van der Waals surface area contributed by atoms with Gasteiger partial charge in [-0.2, -0.15) is 4.37 Å². The number of rotatable bonds is 6. The van der Waals surface area contributed by atoms with Gasteiger partial charge in [-0.05, 0) is 36.7 Å². The van der Waals surface area contributed by atoms with Crippen molar-refractivity contribution in [1.29, 1.82) is 0 Å². The second-order valence-corrected chi connectivity index (χ2v) is 6.91. The first-order chi connectivity index (χ1) is 12.6. The van der Waals surface area contributed by atoms with Gasteiger partial charge in [0.25, 0.3) is 5.91 Å². The Bertz CT molecular complexity index is 936. The first-order valence-electron chi connectivity index (χ1n) is 7.70. The largest absolute Gasteiger partial charge is 0.497 e. The highest BCUT2D eigenvalue weighted by atomic mass is 32.1. The van der Waals surface area contributed by atoms with E-state index in [4.69, 9.17) is 9.47 Å². The molecule has 0 aliphatic carbocycles. The molecule has 2 aromatic heterocycles. The van der Waals surface area contributed by atoms with Gasteiger partial charge in [-0.15, -0.1) is 11.3 Å². The number of anilines is 2. The number of amides is 1.